The third-order valence-corrected chi connectivity index (χ3v) is 12.0. The standard InChI is InChI=1S/C45H38O20/c46-16-8-21(50)31-30(9-16)63-42(14-4-25(54)37(59)26(55)5-14)39(61)35(31)33-23(52)12-24(53)34-36(40(62)43(65-45(33)34)15-6-27(56)38(60)28(57)7-15)32-22(51)11-19(48)17-10-29(58)41(64-44(17)32)13-1-2-18(47)20(49)3-13/h1-9,11-12,29,35-36,39-43,46-62H,10H2/t29-,35-,36-,39-,40-,41+,42+,43+/m0/s1. The lowest BCUT2D eigenvalue weighted by molar-refractivity contribution is -0.00570. The van der Waals surface area contributed by atoms with E-state index in [1.807, 2.05) is 0 Å². The molecule has 6 aromatic carbocycles. The van der Waals surface area contributed by atoms with Crippen LogP contribution in [0, 0.1) is 0 Å². The molecule has 8 atom stereocenters. The van der Waals surface area contributed by atoms with E-state index in [1.165, 1.54) is 6.07 Å². The zero-order chi connectivity index (χ0) is 46.7. The maximum absolute atomic E-state index is 12.5. The predicted octanol–water partition coefficient (Wildman–Crippen LogP) is 3.86. The van der Waals surface area contributed by atoms with Crippen molar-refractivity contribution in [3.05, 3.63) is 111 Å². The number of hydrogen-bond acceptors (Lipinski definition) is 20. The van der Waals surface area contributed by atoms with Gasteiger partial charge in [-0.3, -0.25) is 0 Å². The lowest BCUT2D eigenvalue weighted by Crippen LogP contribution is -2.39. The van der Waals surface area contributed by atoms with Gasteiger partial charge in [-0.1, -0.05) is 6.07 Å². The summed E-state index contributed by atoms with van der Waals surface area (Å²) in [6, 6.07) is 10.7. The third kappa shape index (κ3) is 6.57. The van der Waals surface area contributed by atoms with E-state index in [2.05, 4.69) is 0 Å². The first-order valence-corrected chi connectivity index (χ1v) is 19.5. The van der Waals surface area contributed by atoms with Gasteiger partial charge in [0.15, 0.2) is 58.2 Å². The zero-order valence-corrected chi connectivity index (χ0v) is 33.0. The number of aliphatic hydroxyl groups is 3. The van der Waals surface area contributed by atoms with Gasteiger partial charge in [0.05, 0.1) is 17.9 Å². The molecule has 3 heterocycles. The minimum atomic E-state index is -2.05. The smallest absolute Gasteiger partial charge is 0.200 e. The number of aliphatic hydroxyl groups excluding tert-OH is 3. The molecule has 20 heteroatoms. The van der Waals surface area contributed by atoms with Crippen LogP contribution in [0.1, 0.15) is 74.7 Å². The van der Waals surface area contributed by atoms with Crippen LogP contribution >= 0.6 is 0 Å². The molecule has 17 N–H and O–H groups in total. The molecule has 0 saturated carbocycles. The Hall–Kier alpha value is -8.20. The van der Waals surface area contributed by atoms with Gasteiger partial charge in [0.2, 0.25) is 0 Å². The van der Waals surface area contributed by atoms with Crippen LogP contribution < -0.4 is 14.2 Å². The molecule has 0 aliphatic carbocycles. The van der Waals surface area contributed by atoms with Crippen molar-refractivity contribution in [3.8, 4) is 97.7 Å². The van der Waals surface area contributed by atoms with Gasteiger partial charge < -0.3 is 101 Å². The lowest BCUT2D eigenvalue weighted by atomic mass is 9.73. The molecule has 65 heavy (non-hydrogen) atoms. The van der Waals surface area contributed by atoms with Crippen molar-refractivity contribution >= 4 is 0 Å². The van der Waals surface area contributed by atoms with Gasteiger partial charge in [0.1, 0.15) is 70.1 Å². The second-order valence-corrected chi connectivity index (χ2v) is 16.0. The van der Waals surface area contributed by atoms with Crippen LogP contribution in [0.2, 0.25) is 0 Å². The molecule has 6 aromatic rings. The van der Waals surface area contributed by atoms with E-state index in [4.69, 9.17) is 14.2 Å². The number of aromatic hydroxyl groups is 14. The van der Waals surface area contributed by atoms with E-state index in [0.29, 0.717) is 0 Å². The first-order valence-electron chi connectivity index (χ1n) is 19.5. The molecule has 9 rings (SSSR count). The van der Waals surface area contributed by atoms with Gasteiger partial charge in [-0.2, -0.15) is 0 Å². The molecular formula is C45H38O20. The highest BCUT2D eigenvalue weighted by molar-refractivity contribution is 5.71. The fourth-order valence-corrected chi connectivity index (χ4v) is 9.08. The number of rotatable bonds is 5. The summed E-state index contributed by atoms with van der Waals surface area (Å²) in [5.74, 6) is -15.7. The average Bonchev–Trinajstić information content (AvgIpc) is 3.23. The summed E-state index contributed by atoms with van der Waals surface area (Å²) in [4.78, 5) is 0. The third-order valence-electron chi connectivity index (χ3n) is 12.0. The molecular weight excluding hydrogens is 860 g/mol. The summed E-state index contributed by atoms with van der Waals surface area (Å²) >= 11 is 0. The Morgan fingerprint density at radius 2 is 0.815 bits per heavy atom. The molecule has 0 saturated heterocycles. The van der Waals surface area contributed by atoms with Gasteiger partial charge in [0.25, 0.3) is 0 Å². The molecule has 0 radical (unpaired) electrons. The van der Waals surface area contributed by atoms with Crippen molar-refractivity contribution in [2.24, 2.45) is 0 Å². The van der Waals surface area contributed by atoms with Crippen molar-refractivity contribution in [2.45, 2.75) is 54.9 Å². The van der Waals surface area contributed by atoms with Crippen LogP contribution in [-0.2, 0) is 6.42 Å². The van der Waals surface area contributed by atoms with Gasteiger partial charge in [0, 0.05) is 69.6 Å². The summed E-state index contributed by atoms with van der Waals surface area (Å²) < 4.78 is 18.7. The summed E-state index contributed by atoms with van der Waals surface area (Å²) in [5, 5.41) is 188. The Morgan fingerprint density at radius 3 is 1.35 bits per heavy atom. The zero-order valence-electron chi connectivity index (χ0n) is 33.0. The second kappa shape index (κ2) is 15.0. The van der Waals surface area contributed by atoms with Crippen molar-refractivity contribution in [2.75, 3.05) is 0 Å². The van der Waals surface area contributed by atoms with Crippen molar-refractivity contribution in [1.29, 1.82) is 0 Å². The molecule has 20 nitrogen and oxygen atoms in total. The lowest BCUT2D eigenvalue weighted by Gasteiger charge is -2.43. The van der Waals surface area contributed by atoms with E-state index >= 15 is 0 Å². The molecule has 0 unspecified atom stereocenters. The largest absolute Gasteiger partial charge is 0.508 e. The van der Waals surface area contributed by atoms with Crippen LogP contribution in [0.25, 0.3) is 0 Å². The van der Waals surface area contributed by atoms with Crippen LogP contribution in [0.15, 0.2) is 66.7 Å². The molecule has 0 bridgehead atoms. The van der Waals surface area contributed by atoms with Gasteiger partial charge >= 0.3 is 0 Å². The number of fused-ring (bicyclic) bond motifs is 3. The molecule has 0 amide bonds. The second-order valence-electron chi connectivity index (χ2n) is 16.0. The van der Waals surface area contributed by atoms with Gasteiger partial charge in [-0.05, 0) is 42.0 Å². The van der Waals surface area contributed by atoms with Crippen molar-refractivity contribution in [1.82, 2.24) is 0 Å². The number of benzene rings is 6. The highest BCUT2D eigenvalue weighted by Crippen LogP contribution is 2.62. The number of phenolic OH excluding ortho intramolecular Hbond substituents is 14. The molecule has 3 aliphatic rings. The van der Waals surface area contributed by atoms with Crippen LogP contribution in [0.3, 0.4) is 0 Å². The Morgan fingerprint density at radius 1 is 0.369 bits per heavy atom. The van der Waals surface area contributed by atoms with Crippen LogP contribution in [0.4, 0.5) is 0 Å². The minimum absolute atomic E-state index is 0.103. The van der Waals surface area contributed by atoms with E-state index in [9.17, 15) is 86.8 Å². The molecule has 0 fully saturated rings. The SMILES string of the molecule is Oc1cc(O)c2c(c1)O[C@H](c1cc(O)c(O)c(O)c1)[C@@H](O)[C@@H]2c1c(O)cc(O)c2c1O[C@H](c1cc(O)c(O)c(O)c1)[C@@H](O)[C@H]2c1c(O)cc(O)c2c1O[C@H](c1ccc(O)c(O)c1)[C@@H](O)C2. The average molecular weight is 899 g/mol. The quantitative estimate of drug-likeness (QED) is 0.109. The summed E-state index contributed by atoms with van der Waals surface area (Å²) in [6.07, 6.45) is -10.8. The summed E-state index contributed by atoms with van der Waals surface area (Å²) in [7, 11) is 0. The number of hydrogen-bond donors (Lipinski definition) is 17. The molecule has 0 spiro atoms. The normalized spacial score (nSPS) is 23.2. The monoisotopic (exact) mass is 898 g/mol. The van der Waals surface area contributed by atoms with Crippen molar-refractivity contribution in [3.63, 3.8) is 0 Å². The van der Waals surface area contributed by atoms with Gasteiger partial charge in [-0.25, -0.2) is 0 Å². The number of ether oxygens (including phenoxy) is 3. The Kier molecular flexibility index (Phi) is 9.70. The van der Waals surface area contributed by atoms with Crippen molar-refractivity contribution < 1.29 is 101 Å². The molecule has 0 aromatic heterocycles. The first-order chi connectivity index (χ1) is 30.7. The highest BCUT2D eigenvalue weighted by atomic mass is 16.5. The van der Waals surface area contributed by atoms with Crippen LogP contribution in [0.5, 0.6) is 97.7 Å². The van der Waals surface area contributed by atoms with Crippen LogP contribution in [-0.4, -0.2) is 105 Å². The fourth-order valence-electron chi connectivity index (χ4n) is 9.08. The van der Waals surface area contributed by atoms with E-state index < -0.39 is 151 Å². The summed E-state index contributed by atoms with van der Waals surface area (Å²) in [5.41, 5.74) is -2.13. The Balaban J connectivity index is 1.32. The van der Waals surface area contributed by atoms with E-state index in [-0.39, 0.29) is 45.7 Å². The summed E-state index contributed by atoms with van der Waals surface area (Å²) in [6.45, 7) is 0. The fraction of sp³-hybridized carbons (Fsp3) is 0.200. The Bertz CT molecular complexity index is 2900. The van der Waals surface area contributed by atoms with E-state index in [0.717, 1.165) is 60.7 Å². The highest BCUT2D eigenvalue weighted by Gasteiger charge is 2.51. The molecule has 3 aliphatic heterocycles. The minimum Gasteiger partial charge on any atom is -0.508 e. The maximum Gasteiger partial charge on any atom is 0.200 e. The maximum atomic E-state index is 12.5. The topological polar surface area (TPSA) is 372 Å². The Labute approximate surface area is 364 Å². The molecule has 338 valence electrons. The number of phenols is 14. The first kappa shape index (κ1) is 42.1. The van der Waals surface area contributed by atoms with E-state index in [1.54, 1.807) is 0 Å². The predicted molar refractivity (Wildman–Crippen MR) is 217 cm³/mol. The van der Waals surface area contributed by atoms with Gasteiger partial charge in [-0.15, -0.1) is 0 Å².